The van der Waals surface area contributed by atoms with Crippen molar-refractivity contribution in [1.29, 1.82) is 0 Å². The molecule has 0 aromatic rings. The van der Waals surface area contributed by atoms with Crippen molar-refractivity contribution in [3.63, 3.8) is 0 Å². The Labute approximate surface area is 167 Å². The molecule has 0 aromatic heterocycles. The number of hydrogen-bond donors (Lipinski definition) is 2. The second-order valence-electron chi connectivity index (χ2n) is 5.48. The van der Waals surface area contributed by atoms with Gasteiger partial charge in [0.15, 0.2) is 0 Å². The molecule has 0 aromatic carbocycles. The van der Waals surface area contributed by atoms with Gasteiger partial charge >= 0.3 is 11.9 Å². The van der Waals surface area contributed by atoms with E-state index in [1.165, 1.54) is 0 Å². The van der Waals surface area contributed by atoms with E-state index in [2.05, 4.69) is 0 Å². The number of carboxylic acids is 2. The summed E-state index contributed by atoms with van der Waals surface area (Å²) < 4.78 is 4.85. The van der Waals surface area contributed by atoms with Crippen molar-refractivity contribution < 1.29 is 41.6 Å². The van der Waals surface area contributed by atoms with E-state index in [0.717, 1.165) is 6.10 Å². The third-order valence-electron chi connectivity index (χ3n) is 3.52. The second kappa shape index (κ2) is 12.3. The number of rotatable bonds is 5. The van der Waals surface area contributed by atoms with Gasteiger partial charge in [0.05, 0.1) is 11.1 Å². The molecule has 0 aliphatic heterocycles. The summed E-state index contributed by atoms with van der Waals surface area (Å²) in [7, 11) is 1.66. The SMILES string of the molecule is CC(C)=C(C(=O)O)/C(C(=O)O)=C(/C)[C]1[CH][CH][CH][CH]1.CO[C]1[CH][CH][CH][CH]1.[Fe]. The summed E-state index contributed by atoms with van der Waals surface area (Å²) in [5.74, 6) is -1.74. The number of aliphatic carboxylic acids is 2. The molecule has 2 fully saturated rings. The van der Waals surface area contributed by atoms with Crippen LogP contribution >= 0.6 is 0 Å². The summed E-state index contributed by atoms with van der Waals surface area (Å²) in [4.78, 5) is 22.5. The maximum atomic E-state index is 11.3. The van der Waals surface area contributed by atoms with Crippen molar-refractivity contribution in [2.45, 2.75) is 20.8 Å². The molecule has 0 spiro atoms. The maximum Gasteiger partial charge on any atom is 0.336 e. The zero-order valence-corrected chi connectivity index (χ0v) is 16.2. The van der Waals surface area contributed by atoms with Gasteiger partial charge in [-0.1, -0.05) is 11.1 Å². The van der Waals surface area contributed by atoms with E-state index >= 15 is 0 Å². The molecule has 0 amide bonds. The fraction of sp³-hybridized carbons (Fsp3) is 0.200. The zero-order chi connectivity index (χ0) is 19.0. The fourth-order valence-electron chi connectivity index (χ4n) is 2.29. The van der Waals surface area contributed by atoms with E-state index in [4.69, 9.17) is 9.84 Å². The van der Waals surface area contributed by atoms with Gasteiger partial charge in [-0.15, -0.1) is 0 Å². The number of methoxy groups -OCH3 is 1. The van der Waals surface area contributed by atoms with Gasteiger partial charge in [0, 0.05) is 42.9 Å². The van der Waals surface area contributed by atoms with Gasteiger partial charge in [-0.3, -0.25) is 0 Å². The Morgan fingerprint density at radius 1 is 0.808 bits per heavy atom. The molecule has 0 atom stereocenters. The van der Waals surface area contributed by atoms with Gasteiger partial charge in [-0.05, 0) is 59.3 Å². The topological polar surface area (TPSA) is 83.8 Å². The molecule has 0 heterocycles. The molecule has 26 heavy (non-hydrogen) atoms. The summed E-state index contributed by atoms with van der Waals surface area (Å²) in [6.07, 6.45) is 15.7. The Morgan fingerprint density at radius 3 is 1.54 bits per heavy atom. The molecule has 0 saturated heterocycles. The molecule has 10 radical (unpaired) electrons. The minimum atomic E-state index is -1.23. The van der Waals surface area contributed by atoms with Crippen LogP contribution in [0.5, 0.6) is 0 Å². The van der Waals surface area contributed by atoms with E-state index < -0.39 is 11.9 Å². The molecule has 2 N–H and O–H groups in total. The van der Waals surface area contributed by atoms with Crippen molar-refractivity contribution >= 4 is 11.9 Å². The average Bonchev–Trinajstić information content (AvgIpc) is 3.23. The molecule has 6 heteroatoms. The van der Waals surface area contributed by atoms with Crippen LogP contribution in [0.15, 0.2) is 22.3 Å². The average molecular weight is 398 g/mol. The van der Waals surface area contributed by atoms with E-state index in [1.54, 1.807) is 53.6 Å². The number of carbonyl (C=O) groups is 2. The summed E-state index contributed by atoms with van der Waals surface area (Å²) in [6, 6.07) is 0. The maximum absolute atomic E-state index is 11.3. The van der Waals surface area contributed by atoms with E-state index in [1.807, 2.05) is 25.7 Å². The predicted molar refractivity (Wildman–Crippen MR) is 94.2 cm³/mol. The minimum absolute atomic E-state index is 0. The third kappa shape index (κ3) is 7.26. The Kier molecular flexibility index (Phi) is 11.8. The normalized spacial score (nSPS) is 18.3. The summed E-state index contributed by atoms with van der Waals surface area (Å²) >= 11 is 0. The molecule has 2 aliphatic carbocycles. The van der Waals surface area contributed by atoms with Gasteiger partial charge in [-0.2, -0.15) is 0 Å². The summed E-state index contributed by atoms with van der Waals surface area (Å²) in [6.45, 7) is 4.79. The van der Waals surface area contributed by atoms with Crippen LogP contribution in [0, 0.1) is 63.4 Å². The van der Waals surface area contributed by atoms with Crippen molar-refractivity contribution in [2.75, 3.05) is 7.11 Å². The van der Waals surface area contributed by atoms with Gasteiger partial charge < -0.3 is 14.9 Å². The van der Waals surface area contributed by atoms with Gasteiger partial charge in [0.1, 0.15) is 6.10 Å². The van der Waals surface area contributed by atoms with Gasteiger partial charge in [0.25, 0.3) is 0 Å². The van der Waals surface area contributed by atoms with Crippen LogP contribution in [0.1, 0.15) is 20.8 Å². The van der Waals surface area contributed by atoms with E-state index in [0.29, 0.717) is 17.1 Å². The van der Waals surface area contributed by atoms with Crippen molar-refractivity contribution in [3.05, 3.63) is 85.7 Å². The molecular weight excluding hydrogens is 376 g/mol. The van der Waals surface area contributed by atoms with Crippen molar-refractivity contribution in [1.82, 2.24) is 0 Å². The van der Waals surface area contributed by atoms with Crippen LogP contribution in [0.3, 0.4) is 0 Å². The number of carboxylic acid groups (broad SMARTS) is 2. The van der Waals surface area contributed by atoms with E-state index in [-0.39, 0.29) is 28.2 Å². The predicted octanol–water partition coefficient (Wildman–Crippen LogP) is 3.21. The standard InChI is InChI=1S/C14H15O4.C6H7O.Fe/c1-8(2)11(13(15)16)12(14(17)18)9(3)10-6-4-5-7-10;1-7-6-4-2-3-5-6;/h4-7H,1-3H3,(H,15,16)(H,17,18);2-5H,1H3;/b12-9+;;. The second-order valence-corrected chi connectivity index (χ2v) is 5.48. The first-order chi connectivity index (χ1) is 11.8. The molecule has 2 rings (SSSR count). The van der Waals surface area contributed by atoms with Crippen molar-refractivity contribution in [2.24, 2.45) is 0 Å². The van der Waals surface area contributed by atoms with E-state index in [9.17, 15) is 14.7 Å². The first kappa shape index (κ1) is 24.9. The zero-order valence-electron chi connectivity index (χ0n) is 15.1. The Hall–Kier alpha value is -1.10. The molecule has 0 bridgehead atoms. The molecule has 2 saturated carbocycles. The Morgan fingerprint density at radius 2 is 1.23 bits per heavy atom. The molecule has 0 unspecified atom stereocenters. The molecule has 2 aliphatic rings. The van der Waals surface area contributed by atoms with Crippen LogP contribution in [0.4, 0.5) is 0 Å². The monoisotopic (exact) mass is 398 g/mol. The third-order valence-corrected chi connectivity index (χ3v) is 3.52. The first-order valence-corrected chi connectivity index (χ1v) is 7.62. The van der Waals surface area contributed by atoms with Crippen LogP contribution in [-0.4, -0.2) is 29.3 Å². The minimum Gasteiger partial charge on any atom is -0.478 e. The first-order valence-electron chi connectivity index (χ1n) is 7.62. The summed E-state index contributed by atoms with van der Waals surface area (Å²) in [5, 5.41) is 18.4. The molecule has 5 nitrogen and oxygen atoms in total. The smallest absolute Gasteiger partial charge is 0.336 e. The quantitative estimate of drug-likeness (QED) is 0.422. The number of ether oxygens (including phenoxy) is 1. The van der Waals surface area contributed by atoms with Crippen LogP contribution in [0.25, 0.3) is 0 Å². The van der Waals surface area contributed by atoms with Gasteiger partial charge in [0.2, 0.25) is 0 Å². The van der Waals surface area contributed by atoms with Crippen LogP contribution in [0.2, 0.25) is 0 Å². The Bertz CT molecular complexity index is 534. The van der Waals surface area contributed by atoms with Crippen molar-refractivity contribution in [3.8, 4) is 0 Å². The van der Waals surface area contributed by atoms with Crippen LogP contribution < -0.4 is 0 Å². The molecular formula is C20H22FeO5. The molecule has 140 valence electrons. The Balaban J connectivity index is 0.000000655. The van der Waals surface area contributed by atoms with Crippen LogP contribution in [-0.2, 0) is 31.4 Å². The number of hydrogen-bond acceptors (Lipinski definition) is 3. The number of allylic oxidation sites excluding steroid dienone is 2. The summed E-state index contributed by atoms with van der Waals surface area (Å²) in [5.41, 5.74) is 0.604. The largest absolute Gasteiger partial charge is 0.478 e. The fourth-order valence-corrected chi connectivity index (χ4v) is 2.29. The van der Waals surface area contributed by atoms with Gasteiger partial charge in [-0.25, -0.2) is 9.59 Å².